The van der Waals surface area contributed by atoms with E-state index in [9.17, 15) is 0 Å². The summed E-state index contributed by atoms with van der Waals surface area (Å²) < 4.78 is 5.63. The van der Waals surface area contributed by atoms with Crippen molar-refractivity contribution in [2.45, 2.75) is 13.0 Å². The van der Waals surface area contributed by atoms with Gasteiger partial charge in [-0.3, -0.25) is 0 Å². The largest absolute Gasteiger partial charge is 0.424 e. The predicted molar refractivity (Wildman–Crippen MR) is 77.2 cm³/mol. The van der Waals surface area contributed by atoms with Crippen LogP contribution in [0.2, 0.25) is 0 Å². The Labute approximate surface area is 116 Å². The number of hydrogen-bond acceptors (Lipinski definition) is 4. The Kier molecular flexibility index (Phi) is 3.10. The van der Waals surface area contributed by atoms with Crippen LogP contribution in [-0.4, -0.2) is 4.98 Å². The van der Waals surface area contributed by atoms with Crippen LogP contribution in [0.4, 0.5) is 6.01 Å². The third-order valence-corrected chi connectivity index (χ3v) is 3.17. The normalized spacial score (nSPS) is 12.0. The van der Waals surface area contributed by atoms with Crippen LogP contribution >= 0.6 is 0 Å². The molecule has 0 fully saturated rings. The van der Waals surface area contributed by atoms with E-state index in [1.807, 2.05) is 43.3 Å². The Balaban J connectivity index is 1.80. The van der Waals surface area contributed by atoms with Gasteiger partial charge in [0.2, 0.25) is 0 Å². The molecule has 4 heteroatoms. The summed E-state index contributed by atoms with van der Waals surface area (Å²) in [5.74, 6) is 0. The van der Waals surface area contributed by atoms with Crippen LogP contribution in [0.3, 0.4) is 0 Å². The third-order valence-electron chi connectivity index (χ3n) is 3.17. The molecule has 0 radical (unpaired) electrons. The zero-order valence-corrected chi connectivity index (χ0v) is 11.0. The Hall–Kier alpha value is -2.80. The molecule has 0 amide bonds. The number of nitrogens with zero attached hydrogens (tertiary/aromatic N) is 2. The highest BCUT2D eigenvalue weighted by atomic mass is 16.4. The molecule has 0 aliphatic heterocycles. The lowest BCUT2D eigenvalue weighted by Gasteiger charge is -2.12. The van der Waals surface area contributed by atoms with Gasteiger partial charge in [0.25, 0.3) is 6.01 Å². The maximum absolute atomic E-state index is 8.79. The van der Waals surface area contributed by atoms with Crippen LogP contribution in [0.5, 0.6) is 0 Å². The van der Waals surface area contributed by atoms with Crippen LogP contribution in [0.15, 0.2) is 52.9 Å². The molecule has 0 aliphatic rings. The fraction of sp³-hybridized carbons (Fsp3) is 0.125. The first kappa shape index (κ1) is 12.2. The van der Waals surface area contributed by atoms with Gasteiger partial charge in [-0.2, -0.15) is 10.2 Å². The zero-order valence-electron chi connectivity index (χ0n) is 11.0. The van der Waals surface area contributed by atoms with Crippen LogP contribution in [0.25, 0.3) is 11.1 Å². The summed E-state index contributed by atoms with van der Waals surface area (Å²) in [6.45, 7) is 2.02. The van der Waals surface area contributed by atoms with Crippen molar-refractivity contribution < 1.29 is 4.42 Å². The van der Waals surface area contributed by atoms with Gasteiger partial charge in [-0.1, -0.05) is 24.3 Å². The number of anilines is 1. The van der Waals surface area contributed by atoms with Crippen LogP contribution in [-0.2, 0) is 0 Å². The van der Waals surface area contributed by atoms with Crippen molar-refractivity contribution in [2.24, 2.45) is 0 Å². The molecular formula is C16H13N3O. The summed E-state index contributed by atoms with van der Waals surface area (Å²) in [4.78, 5) is 4.38. The molecule has 4 nitrogen and oxygen atoms in total. The van der Waals surface area contributed by atoms with Gasteiger partial charge in [-0.15, -0.1) is 0 Å². The molecule has 1 atom stereocenters. The lowest BCUT2D eigenvalue weighted by Crippen LogP contribution is -2.06. The number of para-hydroxylation sites is 2. The Bertz CT molecular complexity index is 735. The van der Waals surface area contributed by atoms with Crippen molar-refractivity contribution in [2.75, 3.05) is 5.32 Å². The first-order valence-electron chi connectivity index (χ1n) is 6.38. The topological polar surface area (TPSA) is 61.9 Å². The van der Waals surface area contributed by atoms with Gasteiger partial charge in [0.15, 0.2) is 5.58 Å². The summed E-state index contributed by atoms with van der Waals surface area (Å²) in [6.07, 6.45) is 0. The minimum atomic E-state index is 0.0517. The van der Waals surface area contributed by atoms with E-state index in [0.717, 1.165) is 16.7 Å². The maximum Gasteiger partial charge on any atom is 0.296 e. The Morgan fingerprint density at radius 3 is 2.60 bits per heavy atom. The first-order valence-corrected chi connectivity index (χ1v) is 6.38. The average Bonchev–Trinajstić information content (AvgIpc) is 2.89. The molecule has 0 spiro atoms. The van der Waals surface area contributed by atoms with E-state index >= 15 is 0 Å². The summed E-state index contributed by atoms with van der Waals surface area (Å²) in [5, 5.41) is 12.0. The number of oxazole rings is 1. The van der Waals surface area contributed by atoms with Gasteiger partial charge in [0.1, 0.15) is 5.52 Å². The molecule has 0 aliphatic carbocycles. The number of nitrogens with one attached hydrogen (secondary N) is 1. The van der Waals surface area contributed by atoms with Crippen molar-refractivity contribution in [1.82, 2.24) is 4.98 Å². The highest BCUT2D eigenvalue weighted by molar-refractivity contribution is 5.74. The van der Waals surface area contributed by atoms with E-state index in [2.05, 4.69) is 16.4 Å². The quantitative estimate of drug-likeness (QED) is 0.779. The van der Waals surface area contributed by atoms with Crippen LogP contribution < -0.4 is 5.32 Å². The lowest BCUT2D eigenvalue weighted by molar-refractivity contribution is 0.604. The van der Waals surface area contributed by atoms with Gasteiger partial charge < -0.3 is 9.73 Å². The van der Waals surface area contributed by atoms with E-state index < -0.39 is 0 Å². The standard InChI is InChI=1S/C16H13N3O/c1-11(13-8-6-12(10-17)7-9-13)18-16-19-14-4-2-3-5-15(14)20-16/h2-9,11H,1H3,(H,18,19)/t11-/m1/s1. The summed E-state index contributed by atoms with van der Waals surface area (Å²) >= 11 is 0. The second-order valence-corrected chi connectivity index (χ2v) is 4.59. The summed E-state index contributed by atoms with van der Waals surface area (Å²) in [7, 11) is 0. The van der Waals surface area contributed by atoms with Crippen molar-refractivity contribution in [3.8, 4) is 6.07 Å². The van der Waals surface area contributed by atoms with Crippen LogP contribution in [0, 0.1) is 11.3 Å². The van der Waals surface area contributed by atoms with Crippen molar-refractivity contribution >= 4 is 17.1 Å². The number of hydrogen-bond donors (Lipinski definition) is 1. The molecule has 0 saturated heterocycles. The number of aromatic nitrogens is 1. The lowest BCUT2D eigenvalue weighted by atomic mass is 10.1. The van der Waals surface area contributed by atoms with Gasteiger partial charge in [0.05, 0.1) is 17.7 Å². The zero-order chi connectivity index (χ0) is 13.9. The van der Waals surface area contributed by atoms with E-state index in [4.69, 9.17) is 9.68 Å². The predicted octanol–water partition coefficient (Wildman–Crippen LogP) is 3.87. The molecule has 3 aromatic rings. The molecule has 2 aromatic carbocycles. The Morgan fingerprint density at radius 1 is 1.15 bits per heavy atom. The van der Waals surface area contributed by atoms with Crippen LogP contribution in [0.1, 0.15) is 24.1 Å². The second kappa shape index (κ2) is 5.06. The molecule has 1 heterocycles. The molecular weight excluding hydrogens is 250 g/mol. The van der Waals surface area contributed by atoms with Gasteiger partial charge in [-0.25, -0.2) is 0 Å². The van der Waals surface area contributed by atoms with E-state index in [1.54, 1.807) is 12.1 Å². The summed E-state index contributed by atoms with van der Waals surface area (Å²) in [6, 6.07) is 17.8. The molecule has 1 aromatic heterocycles. The SMILES string of the molecule is C[C@@H](Nc1nc2ccccc2o1)c1ccc(C#N)cc1. The average molecular weight is 263 g/mol. The van der Waals surface area contributed by atoms with E-state index in [-0.39, 0.29) is 6.04 Å². The summed E-state index contributed by atoms with van der Waals surface area (Å²) in [5.41, 5.74) is 3.33. The molecule has 3 rings (SSSR count). The third kappa shape index (κ3) is 2.34. The second-order valence-electron chi connectivity index (χ2n) is 4.59. The molecule has 1 N–H and O–H groups in total. The molecule has 0 bridgehead atoms. The molecule has 98 valence electrons. The van der Waals surface area contributed by atoms with E-state index in [1.165, 1.54) is 0 Å². The van der Waals surface area contributed by atoms with Crippen molar-refractivity contribution in [3.63, 3.8) is 0 Å². The van der Waals surface area contributed by atoms with Gasteiger partial charge >= 0.3 is 0 Å². The van der Waals surface area contributed by atoms with Gasteiger partial charge in [-0.05, 0) is 36.8 Å². The fourth-order valence-corrected chi connectivity index (χ4v) is 2.05. The van der Waals surface area contributed by atoms with Crippen molar-refractivity contribution in [3.05, 3.63) is 59.7 Å². The maximum atomic E-state index is 8.79. The Morgan fingerprint density at radius 2 is 1.90 bits per heavy atom. The smallest absolute Gasteiger partial charge is 0.296 e. The monoisotopic (exact) mass is 263 g/mol. The van der Waals surface area contributed by atoms with Gasteiger partial charge in [0, 0.05) is 0 Å². The molecule has 0 saturated carbocycles. The van der Waals surface area contributed by atoms with Crippen molar-refractivity contribution in [1.29, 1.82) is 5.26 Å². The highest BCUT2D eigenvalue weighted by Gasteiger charge is 2.10. The number of rotatable bonds is 3. The fourth-order valence-electron chi connectivity index (χ4n) is 2.05. The number of nitriles is 1. The first-order chi connectivity index (χ1) is 9.76. The molecule has 20 heavy (non-hydrogen) atoms. The number of fused-ring (bicyclic) bond motifs is 1. The minimum Gasteiger partial charge on any atom is -0.424 e. The van der Waals surface area contributed by atoms with E-state index in [0.29, 0.717) is 11.6 Å². The number of benzene rings is 2. The molecule has 0 unspecified atom stereocenters. The highest BCUT2D eigenvalue weighted by Crippen LogP contribution is 2.23. The minimum absolute atomic E-state index is 0.0517.